The second-order valence-corrected chi connectivity index (χ2v) is 10.9. The van der Waals surface area contributed by atoms with Crippen molar-refractivity contribution in [3.8, 4) is 5.75 Å². The van der Waals surface area contributed by atoms with E-state index in [0.717, 1.165) is 77.8 Å². The predicted octanol–water partition coefficient (Wildman–Crippen LogP) is 4.36. The molecule has 4 aromatic rings. The van der Waals surface area contributed by atoms with Gasteiger partial charge in [-0.3, -0.25) is 14.7 Å². The predicted molar refractivity (Wildman–Crippen MR) is 161 cm³/mol. The van der Waals surface area contributed by atoms with Crippen molar-refractivity contribution in [2.75, 3.05) is 38.1 Å². The zero-order valence-corrected chi connectivity index (χ0v) is 24.2. The lowest BCUT2D eigenvalue weighted by Crippen LogP contribution is -2.44. The summed E-state index contributed by atoms with van der Waals surface area (Å²) in [5.41, 5.74) is 12.7. The number of hydrogen-bond donors (Lipinski definition) is 2. The molecule has 9 nitrogen and oxygen atoms in total. The summed E-state index contributed by atoms with van der Waals surface area (Å²) in [5.74, 6) is 1.27. The number of aryl methyl sites for hydroxylation is 3. The molecule has 1 fully saturated rings. The lowest BCUT2D eigenvalue weighted by Gasteiger charge is -2.32. The highest BCUT2D eigenvalue weighted by Gasteiger charge is 2.22. The van der Waals surface area contributed by atoms with E-state index in [2.05, 4.69) is 52.9 Å². The van der Waals surface area contributed by atoms with Crippen LogP contribution in [0.2, 0.25) is 0 Å². The topological polar surface area (TPSA) is 108 Å². The summed E-state index contributed by atoms with van der Waals surface area (Å²) < 4.78 is 14.2. The molecule has 1 aliphatic rings. The fourth-order valence-electron chi connectivity index (χ4n) is 5.43. The van der Waals surface area contributed by atoms with E-state index in [-0.39, 0.29) is 18.4 Å². The van der Waals surface area contributed by atoms with E-state index < -0.39 is 0 Å². The molecule has 1 saturated heterocycles. The average molecular weight is 557 g/mol. The van der Waals surface area contributed by atoms with Gasteiger partial charge in [-0.05, 0) is 62.1 Å². The molecule has 2 aromatic heterocycles. The number of imidazole rings is 1. The number of pyridine rings is 1. The quantitative estimate of drug-likeness (QED) is 0.250. The largest absolute Gasteiger partial charge is 0.487 e. The molecule has 9 heteroatoms. The Balaban J connectivity index is 1.32. The molecule has 1 amide bonds. The number of hydrogen-bond acceptors (Lipinski definition) is 7. The van der Waals surface area contributed by atoms with E-state index in [1.165, 1.54) is 5.56 Å². The van der Waals surface area contributed by atoms with Gasteiger partial charge in [0.25, 0.3) is 0 Å². The number of carbonyl (C=O) groups excluding carboxylic acids is 1. The number of primary amides is 1. The van der Waals surface area contributed by atoms with Gasteiger partial charge in [-0.25, -0.2) is 4.98 Å². The van der Waals surface area contributed by atoms with Crippen molar-refractivity contribution in [3.63, 3.8) is 0 Å². The van der Waals surface area contributed by atoms with Gasteiger partial charge in [-0.1, -0.05) is 36.4 Å². The van der Waals surface area contributed by atoms with Gasteiger partial charge in [0.1, 0.15) is 18.1 Å². The highest BCUT2D eigenvalue weighted by Crippen LogP contribution is 2.28. The third-order valence-electron chi connectivity index (χ3n) is 7.39. The molecule has 0 aliphatic carbocycles. The molecule has 2 aromatic carbocycles. The summed E-state index contributed by atoms with van der Waals surface area (Å²) in [6, 6.07) is 18.5. The molecule has 3 heterocycles. The van der Waals surface area contributed by atoms with Gasteiger partial charge in [0.05, 0.1) is 36.7 Å². The van der Waals surface area contributed by atoms with E-state index >= 15 is 0 Å². The van der Waals surface area contributed by atoms with Crippen molar-refractivity contribution in [1.29, 1.82) is 0 Å². The monoisotopic (exact) mass is 556 g/mol. The molecule has 1 unspecified atom stereocenters. The number of fused-ring (bicyclic) bond motifs is 1. The van der Waals surface area contributed by atoms with Crippen molar-refractivity contribution in [1.82, 2.24) is 19.4 Å². The Morgan fingerprint density at radius 2 is 1.95 bits per heavy atom. The fourth-order valence-corrected chi connectivity index (χ4v) is 5.43. The number of benzene rings is 2. The standard InChI is InChI=1S/C32H40N6O3/c1-22-16-23(2)31-28(17-22)38(20-27-29(11-10-24(3)35-27)41-21-25-8-5-4-6-9-25)32(36-31)34-12-7-13-37-14-15-40-26(19-37)18-30(33)39/h4-6,8-11,16-17,26H,7,12-15,18-21H2,1-3H3,(H2,33,39)(H,34,36). The molecule has 3 N–H and O–H groups in total. The molecule has 0 saturated carbocycles. The summed E-state index contributed by atoms with van der Waals surface area (Å²) in [4.78, 5) is 23.5. The maximum Gasteiger partial charge on any atom is 0.220 e. The van der Waals surface area contributed by atoms with Crippen LogP contribution in [0.25, 0.3) is 11.0 Å². The molecule has 0 bridgehead atoms. The smallest absolute Gasteiger partial charge is 0.220 e. The van der Waals surface area contributed by atoms with Crippen molar-refractivity contribution < 1.29 is 14.3 Å². The third kappa shape index (κ3) is 7.42. The summed E-state index contributed by atoms with van der Waals surface area (Å²) in [5, 5.41) is 3.60. The average Bonchev–Trinajstić information content (AvgIpc) is 3.28. The number of amides is 1. The Labute approximate surface area is 241 Å². The number of nitrogens with zero attached hydrogens (tertiary/aromatic N) is 4. The molecule has 1 aliphatic heterocycles. The van der Waals surface area contributed by atoms with Gasteiger partial charge in [-0.2, -0.15) is 0 Å². The highest BCUT2D eigenvalue weighted by molar-refractivity contribution is 5.83. The minimum Gasteiger partial charge on any atom is -0.487 e. The van der Waals surface area contributed by atoms with E-state index in [1.807, 2.05) is 37.3 Å². The number of nitrogens with two attached hydrogens (primary N) is 1. The zero-order chi connectivity index (χ0) is 28.8. The normalized spacial score (nSPS) is 15.7. The third-order valence-corrected chi connectivity index (χ3v) is 7.39. The molecule has 41 heavy (non-hydrogen) atoms. The number of ether oxygens (including phenoxy) is 2. The van der Waals surface area contributed by atoms with Gasteiger partial charge < -0.3 is 25.1 Å². The first-order chi connectivity index (χ1) is 19.9. The number of anilines is 1. The van der Waals surface area contributed by atoms with E-state index in [0.29, 0.717) is 19.8 Å². The number of rotatable bonds is 12. The molecule has 0 radical (unpaired) electrons. The molecular weight excluding hydrogens is 516 g/mol. The number of nitrogens with one attached hydrogen (secondary N) is 1. The van der Waals surface area contributed by atoms with Gasteiger partial charge in [0.2, 0.25) is 11.9 Å². The highest BCUT2D eigenvalue weighted by atomic mass is 16.5. The van der Waals surface area contributed by atoms with Crippen molar-refractivity contribution >= 4 is 22.9 Å². The number of morpholine rings is 1. The molecule has 216 valence electrons. The maximum absolute atomic E-state index is 11.3. The van der Waals surface area contributed by atoms with Gasteiger partial charge >= 0.3 is 0 Å². The lowest BCUT2D eigenvalue weighted by atomic mass is 10.1. The Morgan fingerprint density at radius 1 is 1.12 bits per heavy atom. The summed E-state index contributed by atoms with van der Waals surface area (Å²) >= 11 is 0. The molecular formula is C32H40N6O3. The van der Waals surface area contributed by atoms with Crippen LogP contribution >= 0.6 is 0 Å². The number of aromatic nitrogens is 3. The summed E-state index contributed by atoms with van der Waals surface area (Å²) in [7, 11) is 0. The first-order valence-electron chi connectivity index (χ1n) is 14.3. The Hall–Kier alpha value is -3.95. The summed E-state index contributed by atoms with van der Waals surface area (Å²) in [6.07, 6.45) is 1.07. The van der Waals surface area contributed by atoms with Crippen molar-refractivity contribution in [2.24, 2.45) is 5.73 Å². The Kier molecular flexibility index (Phi) is 9.16. The van der Waals surface area contributed by atoms with Gasteiger partial charge in [0.15, 0.2) is 0 Å². The summed E-state index contributed by atoms with van der Waals surface area (Å²) in [6.45, 7) is 11.1. The van der Waals surface area contributed by atoms with E-state index in [4.69, 9.17) is 25.2 Å². The molecule has 1 atom stereocenters. The fraction of sp³-hybridized carbons (Fsp3) is 0.406. The zero-order valence-electron chi connectivity index (χ0n) is 24.2. The van der Waals surface area contributed by atoms with Crippen molar-refractivity contribution in [3.05, 3.63) is 82.7 Å². The van der Waals surface area contributed by atoms with Crippen molar-refractivity contribution in [2.45, 2.75) is 52.9 Å². The lowest BCUT2D eigenvalue weighted by molar-refractivity contribution is -0.122. The Morgan fingerprint density at radius 3 is 2.76 bits per heavy atom. The van der Waals surface area contributed by atoms with Crippen LogP contribution < -0.4 is 15.8 Å². The van der Waals surface area contributed by atoms with Gasteiger partial charge in [-0.15, -0.1) is 0 Å². The van der Waals surface area contributed by atoms with Crippen LogP contribution in [0.4, 0.5) is 5.95 Å². The van der Waals surface area contributed by atoms with E-state index in [9.17, 15) is 4.79 Å². The molecule has 5 rings (SSSR count). The Bertz CT molecular complexity index is 1490. The minimum atomic E-state index is -0.320. The second-order valence-electron chi connectivity index (χ2n) is 10.9. The van der Waals surface area contributed by atoms with Crippen LogP contribution in [0, 0.1) is 20.8 Å². The van der Waals surface area contributed by atoms with Gasteiger partial charge in [0, 0.05) is 31.9 Å². The van der Waals surface area contributed by atoms with Crippen LogP contribution in [0.5, 0.6) is 5.75 Å². The first kappa shape index (κ1) is 28.6. The SMILES string of the molecule is Cc1cc(C)c2nc(NCCCN3CCOC(CC(N)=O)C3)n(Cc3nc(C)ccc3OCc3ccccc3)c2c1. The first-order valence-corrected chi connectivity index (χ1v) is 14.3. The minimum absolute atomic E-state index is 0.121. The second kappa shape index (κ2) is 13.1. The van der Waals surface area contributed by atoms with Crippen LogP contribution in [-0.2, 0) is 22.7 Å². The van der Waals surface area contributed by atoms with Crippen LogP contribution in [0.3, 0.4) is 0 Å². The number of carbonyl (C=O) groups is 1. The van der Waals surface area contributed by atoms with Crippen LogP contribution in [-0.4, -0.2) is 64.2 Å². The van der Waals surface area contributed by atoms with Crippen LogP contribution in [0.15, 0.2) is 54.6 Å². The van der Waals surface area contributed by atoms with E-state index in [1.54, 1.807) is 0 Å². The van der Waals surface area contributed by atoms with Crippen LogP contribution in [0.1, 0.15) is 40.9 Å². The molecule has 0 spiro atoms. The maximum atomic E-state index is 11.3.